The van der Waals surface area contributed by atoms with E-state index in [-0.39, 0.29) is 5.41 Å². The predicted molar refractivity (Wildman–Crippen MR) is 192 cm³/mol. The SMILES string of the molecule is c1ccc(-c2ccc(N(c3ccc4c(c3)-c3ccccc3C43C4CC5CC(C4)C3C5)c3ccc4oc5ccccc5c4c3)cc2)cc1. The standard InChI is InChI=1S/C45H35NO/c1-2-8-29(9-3-1)30-14-16-33(17-15-30)46(35-19-21-44-39(27-35)37-11-5-7-13-43(37)47-44)34-18-20-41-38(26-34)36-10-4-6-12-40(36)45(41)32-23-28-22-31(25-32)42(45)24-28/h1-21,26-28,31-32,42H,22-25H2. The van der Waals surface area contributed by atoms with Crippen LogP contribution in [0.2, 0.25) is 0 Å². The van der Waals surface area contributed by atoms with Crippen molar-refractivity contribution >= 4 is 39.0 Å². The van der Waals surface area contributed by atoms with Crippen molar-refractivity contribution in [1.29, 1.82) is 0 Å². The third-order valence-corrected chi connectivity index (χ3v) is 12.4. The molecular formula is C45H35NO. The van der Waals surface area contributed by atoms with E-state index in [4.69, 9.17) is 4.42 Å². The number of anilines is 3. The molecule has 7 aromatic rings. The summed E-state index contributed by atoms with van der Waals surface area (Å²) in [6.07, 6.45) is 5.68. The Morgan fingerprint density at radius 2 is 1.21 bits per heavy atom. The van der Waals surface area contributed by atoms with Gasteiger partial charge in [-0.25, -0.2) is 0 Å². The van der Waals surface area contributed by atoms with Gasteiger partial charge in [-0.2, -0.15) is 0 Å². The third kappa shape index (κ3) is 3.51. The van der Waals surface area contributed by atoms with Gasteiger partial charge in [0, 0.05) is 33.2 Å². The molecule has 4 saturated carbocycles. The minimum atomic E-state index is 0.193. The summed E-state index contributed by atoms with van der Waals surface area (Å²) in [6, 6.07) is 51.6. The van der Waals surface area contributed by atoms with Gasteiger partial charge in [-0.15, -0.1) is 0 Å². The fourth-order valence-corrected chi connectivity index (χ4v) is 10.8. The molecule has 226 valence electrons. The Kier molecular flexibility index (Phi) is 5.25. The van der Waals surface area contributed by atoms with Crippen molar-refractivity contribution in [2.45, 2.75) is 31.1 Å². The highest BCUT2D eigenvalue weighted by Crippen LogP contribution is 2.73. The Morgan fingerprint density at radius 1 is 0.511 bits per heavy atom. The second-order valence-corrected chi connectivity index (χ2v) is 14.5. The molecular weight excluding hydrogens is 571 g/mol. The number of para-hydroxylation sites is 1. The van der Waals surface area contributed by atoms with Crippen LogP contribution in [0, 0.1) is 23.7 Å². The van der Waals surface area contributed by atoms with Gasteiger partial charge in [-0.3, -0.25) is 0 Å². The monoisotopic (exact) mass is 605 g/mol. The number of benzene rings is 6. The average Bonchev–Trinajstić information content (AvgIpc) is 3.80. The van der Waals surface area contributed by atoms with E-state index in [0.717, 1.165) is 57.0 Å². The quantitative estimate of drug-likeness (QED) is 0.198. The molecule has 0 amide bonds. The lowest BCUT2D eigenvalue weighted by molar-refractivity contribution is 0.191. The van der Waals surface area contributed by atoms with Crippen molar-refractivity contribution in [3.8, 4) is 22.3 Å². The number of hydrogen-bond donors (Lipinski definition) is 0. The van der Waals surface area contributed by atoms with Gasteiger partial charge in [0.2, 0.25) is 0 Å². The molecule has 5 aliphatic carbocycles. The molecule has 2 heteroatoms. The minimum absolute atomic E-state index is 0.193. The molecule has 5 unspecified atom stereocenters. The van der Waals surface area contributed by atoms with Crippen molar-refractivity contribution in [2.24, 2.45) is 23.7 Å². The van der Waals surface area contributed by atoms with Crippen molar-refractivity contribution in [1.82, 2.24) is 0 Å². The molecule has 4 fully saturated rings. The summed E-state index contributed by atoms with van der Waals surface area (Å²) in [7, 11) is 0. The van der Waals surface area contributed by atoms with E-state index >= 15 is 0 Å². The highest BCUT2D eigenvalue weighted by Gasteiger charge is 2.65. The van der Waals surface area contributed by atoms with Crippen molar-refractivity contribution < 1.29 is 4.42 Å². The molecule has 0 radical (unpaired) electrons. The van der Waals surface area contributed by atoms with Crippen LogP contribution in [-0.4, -0.2) is 0 Å². The lowest BCUT2D eigenvalue weighted by Gasteiger charge is -2.44. The van der Waals surface area contributed by atoms with Gasteiger partial charge in [-0.05, 0) is 131 Å². The van der Waals surface area contributed by atoms with Crippen LogP contribution in [0.1, 0.15) is 36.8 Å². The maximum atomic E-state index is 6.25. The van der Waals surface area contributed by atoms with Gasteiger partial charge in [-0.1, -0.05) is 91.0 Å². The number of hydrogen-bond acceptors (Lipinski definition) is 2. The molecule has 1 heterocycles. The van der Waals surface area contributed by atoms with E-state index in [1.165, 1.54) is 53.6 Å². The Hall–Kier alpha value is -5.08. The first kappa shape index (κ1) is 26.0. The molecule has 5 aliphatic rings. The zero-order valence-corrected chi connectivity index (χ0v) is 26.3. The highest BCUT2D eigenvalue weighted by molar-refractivity contribution is 6.06. The smallest absolute Gasteiger partial charge is 0.135 e. The highest BCUT2D eigenvalue weighted by atomic mass is 16.3. The fourth-order valence-electron chi connectivity index (χ4n) is 10.8. The molecule has 5 atom stereocenters. The first-order chi connectivity index (χ1) is 23.3. The molecule has 0 saturated heterocycles. The van der Waals surface area contributed by atoms with Gasteiger partial charge in [0.1, 0.15) is 11.2 Å². The number of furan rings is 1. The third-order valence-electron chi connectivity index (χ3n) is 12.4. The average molecular weight is 606 g/mol. The van der Waals surface area contributed by atoms with E-state index < -0.39 is 0 Å². The predicted octanol–water partition coefficient (Wildman–Crippen LogP) is 12.1. The van der Waals surface area contributed by atoms with Crippen LogP contribution < -0.4 is 4.90 Å². The molecule has 1 aromatic heterocycles. The Labute approximate surface area is 275 Å². The van der Waals surface area contributed by atoms with Crippen LogP contribution in [0.3, 0.4) is 0 Å². The largest absolute Gasteiger partial charge is 0.456 e. The summed E-state index contributed by atoms with van der Waals surface area (Å²) in [5.41, 5.74) is 14.1. The topological polar surface area (TPSA) is 16.4 Å². The summed E-state index contributed by atoms with van der Waals surface area (Å²) < 4.78 is 6.25. The lowest BCUT2D eigenvalue weighted by atomic mass is 9.59. The van der Waals surface area contributed by atoms with Gasteiger partial charge in [0.05, 0.1) is 0 Å². The maximum Gasteiger partial charge on any atom is 0.135 e. The number of nitrogens with zero attached hydrogens (tertiary/aromatic N) is 1. The van der Waals surface area contributed by atoms with Crippen LogP contribution in [-0.2, 0) is 5.41 Å². The molecule has 12 rings (SSSR count). The van der Waals surface area contributed by atoms with Gasteiger partial charge >= 0.3 is 0 Å². The zero-order chi connectivity index (χ0) is 30.7. The van der Waals surface area contributed by atoms with Crippen molar-refractivity contribution in [3.63, 3.8) is 0 Å². The van der Waals surface area contributed by atoms with Crippen LogP contribution in [0.15, 0.2) is 144 Å². The second-order valence-electron chi connectivity index (χ2n) is 14.5. The summed E-state index contributed by atoms with van der Waals surface area (Å²) in [5, 5.41) is 2.30. The Bertz CT molecular complexity index is 2350. The number of fused-ring (bicyclic) bond motifs is 6. The fraction of sp³-hybridized carbons (Fsp3) is 0.200. The first-order valence-electron chi connectivity index (χ1n) is 17.4. The molecule has 0 aliphatic heterocycles. The molecule has 47 heavy (non-hydrogen) atoms. The van der Waals surface area contributed by atoms with Gasteiger partial charge < -0.3 is 9.32 Å². The maximum absolute atomic E-state index is 6.25. The van der Waals surface area contributed by atoms with Crippen LogP contribution in [0.4, 0.5) is 17.1 Å². The molecule has 2 nitrogen and oxygen atoms in total. The molecule has 1 spiro atoms. The summed E-state index contributed by atoms with van der Waals surface area (Å²) in [6.45, 7) is 0. The minimum Gasteiger partial charge on any atom is -0.456 e. The van der Waals surface area contributed by atoms with Gasteiger partial charge in [0.25, 0.3) is 0 Å². The molecule has 4 bridgehead atoms. The Morgan fingerprint density at radius 3 is 2.11 bits per heavy atom. The van der Waals surface area contributed by atoms with E-state index in [2.05, 4.69) is 138 Å². The second kappa shape index (κ2) is 9.48. The van der Waals surface area contributed by atoms with Crippen molar-refractivity contribution in [3.05, 3.63) is 151 Å². The molecule has 0 N–H and O–H groups in total. The van der Waals surface area contributed by atoms with E-state index in [1.807, 2.05) is 6.07 Å². The van der Waals surface area contributed by atoms with Crippen LogP contribution in [0.25, 0.3) is 44.2 Å². The van der Waals surface area contributed by atoms with E-state index in [9.17, 15) is 0 Å². The van der Waals surface area contributed by atoms with Gasteiger partial charge in [0.15, 0.2) is 0 Å². The Balaban J connectivity index is 1.11. The molecule has 6 aromatic carbocycles. The van der Waals surface area contributed by atoms with E-state index in [1.54, 1.807) is 11.1 Å². The normalized spacial score (nSPS) is 24.8. The van der Waals surface area contributed by atoms with Crippen LogP contribution in [0.5, 0.6) is 0 Å². The summed E-state index contributed by atoms with van der Waals surface area (Å²) in [4.78, 5) is 2.44. The lowest BCUT2D eigenvalue weighted by Crippen LogP contribution is -2.40. The van der Waals surface area contributed by atoms with Crippen molar-refractivity contribution in [2.75, 3.05) is 4.90 Å². The zero-order valence-electron chi connectivity index (χ0n) is 26.3. The number of rotatable bonds is 4. The van der Waals surface area contributed by atoms with E-state index in [0.29, 0.717) is 0 Å². The first-order valence-corrected chi connectivity index (χ1v) is 17.4. The summed E-state index contributed by atoms with van der Waals surface area (Å²) in [5.74, 6) is 3.41. The summed E-state index contributed by atoms with van der Waals surface area (Å²) >= 11 is 0. The van der Waals surface area contributed by atoms with Crippen LogP contribution >= 0.6 is 0 Å².